The number of nitrogens with zero attached hydrogens (tertiary/aromatic N) is 1. The molecule has 21 heavy (non-hydrogen) atoms. The number of hydrogen-bond donors (Lipinski definition) is 2. The summed E-state index contributed by atoms with van der Waals surface area (Å²) < 4.78 is 5.36. The van der Waals surface area contributed by atoms with Crippen LogP contribution in [0.15, 0.2) is 0 Å². The Hall–Kier alpha value is -1.14. The van der Waals surface area contributed by atoms with Gasteiger partial charge in [-0.25, -0.2) is 0 Å². The molecule has 2 aliphatic rings. The zero-order valence-electron chi connectivity index (χ0n) is 13.1. The van der Waals surface area contributed by atoms with Crippen molar-refractivity contribution in [1.82, 2.24) is 15.5 Å². The molecular formula is C15H27N3O3. The molecule has 0 aromatic rings. The Kier molecular flexibility index (Phi) is 5.99. The number of carbonyl (C=O) groups is 2. The Balaban J connectivity index is 1.76. The zero-order valence-corrected chi connectivity index (χ0v) is 13.1. The number of hydrogen-bond acceptors (Lipinski definition) is 4. The molecule has 1 heterocycles. The number of carbonyl (C=O) groups excluding carboxylic acids is 2. The van der Waals surface area contributed by atoms with Gasteiger partial charge in [0, 0.05) is 45.1 Å². The van der Waals surface area contributed by atoms with Crippen LogP contribution in [-0.2, 0) is 14.3 Å². The van der Waals surface area contributed by atoms with Crippen LogP contribution >= 0.6 is 0 Å². The summed E-state index contributed by atoms with van der Waals surface area (Å²) in [7, 11) is 3.58. The largest absolute Gasteiger partial charge is 0.378 e. The highest BCUT2D eigenvalue weighted by atomic mass is 16.5. The maximum absolute atomic E-state index is 12.1. The molecule has 0 radical (unpaired) electrons. The lowest BCUT2D eigenvalue weighted by Gasteiger charge is -2.31. The first-order valence-corrected chi connectivity index (χ1v) is 7.88. The second kappa shape index (κ2) is 7.75. The molecule has 1 aliphatic carbocycles. The van der Waals surface area contributed by atoms with E-state index in [1.54, 1.807) is 19.0 Å². The molecule has 6 heteroatoms. The van der Waals surface area contributed by atoms with E-state index in [-0.39, 0.29) is 29.8 Å². The van der Waals surface area contributed by atoms with Crippen LogP contribution in [0.5, 0.6) is 0 Å². The molecule has 2 rings (SSSR count). The molecule has 3 unspecified atom stereocenters. The topological polar surface area (TPSA) is 70.7 Å². The predicted octanol–water partition coefficient (Wildman–Crippen LogP) is 0.128. The maximum Gasteiger partial charge on any atom is 0.225 e. The van der Waals surface area contributed by atoms with Gasteiger partial charge in [-0.15, -0.1) is 0 Å². The van der Waals surface area contributed by atoms with Crippen LogP contribution in [0.1, 0.15) is 32.1 Å². The van der Waals surface area contributed by atoms with Crippen LogP contribution in [-0.4, -0.2) is 62.7 Å². The van der Waals surface area contributed by atoms with E-state index in [1.807, 2.05) is 0 Å². The van der Waals surface area contributed by atoms with Gasteiger partial charge in [0.15, 0.2) is 0 Å². The molecule has 2 N–H and O–H groups in total. The van der Waals surface area contributed by atoms with Gasteiger partial charge in [0.2, 0.25) is 11.8 Å². The molecule has 3 atom stereocenters. The first-order valence-electron chi connectivity index (χ1n) is 7.88. The molecule has 1 saturated carbocycles. The van der Waals surface area contributed by atoms with Gasteiger partial charge in [-0.3, -0.25) is 9.59 Å². The third-order valence-electron chi connectivity index (χ3n) is 4.26. The lowest BCUT2D eigenvalue weighted by Crippen LogP contribution is -2.47. The lowest BCUT2D eigenvalue weighted by atomic mass is 9.84. The third-order valence-corrected chi connectivity index (χ3v) is 4.26. The quantitative estimate of drug-likeness (QED) is 0.774. The highest BCUT2D eigenvalue weighted by Gasteiger charge is 2.29. The average Bonchev–Trinajstić information content (AvgIpc) is 2.47. The molecule has 2 amide bonds. The van der Waals surface area contributed by atoms with Crippen molar-refractivity contribution < 1.29 is 14.3 Å². The summed E-state index contributed by atoms with van der Waals surface area (Å²) in [5.41, 5.74) is 0. The fraction of sp³-hybridized carbons (Fsp3) is 0.867. The summed E-state index contributed by atoms with van der Waals surface area (Å²) in [4.78, 5) is 25.8. The standard InChI is InChI=1S/C15H27N3O3/c1-18(2)15(20)11-4-3-5-12(8-11)17-14(19)9-13-10-21-7-6-16-13/h11-13,16H,3-10H2,1-2H3,(H,17,19). The number of morpholine rings is 1. The monoisotopic (exact) mass is 297 g/mol. The van der Waals surface area contributed by atoms with E-state index in [9.17, 15) is 9.59 Å². The highest BCUT2D eigenvalue weighted by Crippen LogP contribution is 2.25. The van der Waals surface area contributed by atoms with Crippen LogP contribution in [0.2, 0.25) is 0 Å². The van der Waals surface area contributed by atoms with E-state index in [1.165, 1.54) is 0 Å². The smallest absolute Gasteiger partial charge is 0.225 e. The Bertz CT molecular complexity index is 367. The molecule has 0 spiro atoms. The first-order chi connectivity index (χ1) is 10.1. The van der Waals surface area contributed by atoms with Gasteiger partial charge < -0.3 is 20.3 Å². The van der Waals surface area contributed by atoms with Crippen LogP contribution < -0.4 is 10.6 Å². The maximum atomic E-state index is 12.1. The second-order valence-corrected chi connectivity index (χ2v) is 6.29. The van der Waals surface area contributed by atoms with Crippen molar-refractivity contribution in [3.8, 4) is 0 Å². The lowest BCUT2D eigenvalue weighted by molar-refractivity contribution is -0.135. The van der Waals surface area contributed by atoms with Gasteiger partial charge in [-0.05, 0) is 19.3 Å². The van der Waals surface area contributed by atoms with Crippen molar-refractivity contribution in [3.05, 3.63) is 0 Å². The van der Waals surface area contributed by atoms with Gasteiger partial charge in [0.25, 0.3) is 0 Å². The molecule has 0 aromatic heterocycles. The number of amides is 2. The van der Waals surface area contributed by atoms with E-state index >= 15 is 0 Å². The minimum absolute atomic E-state index is 0.0511. The van der Waals surface area contributed by atoms with Crippen LogP contribution in [0, 0.1) is 5.92 Å². The van der Waals surface area contributed by atoms with Gasteiger partial charge in [0.1, 0.15) is 0 Å². The Morgan fingerprint density at radius 3 is 2.81 bits per heavy atom. The predicted molar refractivity (Wildman–Crippen MR) is 79.8 cm³/mol. The SMILES string of the molecule is CN(C)C(=O)C1CCCC(NC(=O)CC2COCCN2)C1. The average molecular weight is 297 g/mol. The van der Waals surface area contributed by atoms with Crippen molar-refractivity contribution >= 4 is 11.8 Å². The van der Waals surface area contributed by atoms with Crippen molar-refractivity contribution in [1.29, 1.82) is 0 Å². The summed E-state index contributed by atoms with van der Waals surface area (Å²) in [6, 6.07) is 0.242. The van der Waals surface area contributed by atoms with Gasteiger partial charge >= 0.3 is 0 Å². The van der Waals surface area contributed by atoms with Crippen molar-refractivity contribution in [3.63, 3.8) is 0 Å². The van der Waals surface area contributed by atoms with Crippen LogP contribution in [0.4, 0.5) is 0 Å². The second-order valence-electron chi connectivity index (χ2n) is 6.29. The van der Waals surface area contributed by atoms with E-state index < -0.39 is 0 Å². The zero-order chi connectivity index (χ0) is 15.2. The number of ether oxygens (including phenoxy) is 1. The molecule has 2 fully saturated rings. The Morgan fingerprint density at radius 2 is 2.14 bits per heavy atom. The Labute approximate surface area is 126 Å². The number of nitrogens with one attached hydrogen (secondary N) is 2. The number of rotatable bonds is 4. The normalized spacial score (nSPS) is 29.7. The first kappa shape index (κ1) is 16.2. The molecule has 6 nitrogen and oxygen atoms in total. The minimum Gasteiger partial charge on any atom is -0.378 e. The van der Waals surface area contributed by atoms with Crippen molar-refractivity contribution in [2.24, 2.45) is 5.92 Å². The van der Waals surface area contributed by atoms with E-state index in [0.717, 1.165) is 38.8 Å². The summed E-state index contributed by atoms with van der Waals surface area (Å²) in [5.74, 6) is 0.285. The highest BCUT2D eigenvalue weighted by molar-refractivity contribution is 5.79. The fourth-order valence-electron chi connectivity index (χ4n) is 3.17. The molecule has 1 saturated heterocycles. The summed E-state index contributed by atoms with van der Waals surface area (Å²) in [5, 5.41) is 6.37. The molecule has 0 bridgehead atoms. The summed E-state index contributed by atoms with van der Waals surface area (Å²) in [6.45, 7) is 2.12. The van der Waals surface area contributed by atoms with E-state index in [0.29, 0.717) is 13.0 Å². The van der Waals surface area contributed by atoms with Crippen molar-refractivity contribution in [2.45, 2.75) is 44.2 Å². The van der Waals surface area contributed by atoms with Crippen molar-refractivity contribution in [2.75, 3.05) is 33.9 Å². The molecule has 0 aromatic carbocycles. The van der Waals surface area contributed by atoms with E-state index in [4.69, 9.17) is 4.74 Å². The Morgan fingerprint density at radius 1 is 1.33 bits per heavy atom. The summed E-state index contributed by atoms with van der Waals surface area (Å²) in [6.07, 6.45) is 4.11. The van der Waals surface area contributed by atoms with Crippen LogP contribution in [0.25, 0.3) is 0 Å². The molecule has 120 valence electrons. The van der Waals surface area contributed by atoms with Gasteiger partial charge in [-0.1, -0.05) is 6.42 Å². The minimum atomic E-state index is 0.0511. The van der Waals surface area contributed by atoms with Crippen LogP contribution in [0.3, 0.4) is 0 Å². The molecular weight excluding hydrogens is 270 g/mol. The third kappa shape index (κ3) is 4.97. The van der Waals surface area contributed by atoms with Gasteiger partial charge in [-0.2, -0.15) is 0 Å². The molecule has 1 aliphatic heterocycles. The van der Waals surface area contributed by atoms with Gasteiger partial charge in [0.05, 0.1) is 13.2 Å². The van der Waals surface area contributed by atoms with E-state index in [2.05, 4.69) is 10.6 Å². The fourth-order valence-corrected chi connectivity index (χ4v) is 3.17. The summed E-state index contributed by atoms with van der Waals surface area (Å²) >= 11 is 0.